The van der Waals surface area contributed by atoms with Crippen LogP contribution < -0.4 is 5.32 Å². The summed E-state index contributed by atoms with van der Waals surface area (Å²) in [7, 11) is 1.84. The van der Waals surface area contributed by atoms with Crippen molar-refractivity contribution >= 4 is 6.03 Å². The summed E-state index contributed by atoms with van der Waals surface area (Å²) >= 11 is 0. The van der Waals surface area contributed by atoms with Crippen molar-refractivity contribution in [3.05, 3.63) is 0 Å². The fourth-order valence-corrected chi connectivity index (χ4v) is 2.12. The van der Waals surface area contributed by atoms with E-state index in [4.69, 9.17) is 0 Å². The van der Waals surface area contributed by atoms with Crippen LogP contribution in [0.5, 0.6) is 0 Å². The minimum Gasteiger partial charge on any atom is -0.335 e. The second-order valence-corrected chi connectivity index (χ2v) is 4.69. The lowest BCUT2D eigenvalue weighted by molar-refractivity contribution is 0.200. The van der Waals surface area contributed by atoms with E-state index in [-0.39, 0.29) is 6.03 Å². The van der Waals surface area contributed by atoms with Crippen molar-refractivity contribution in [3.63, 3.8) is 0 Å². The van der Waals surface area contributed by atoms with Crippen LogP contribution >= 0.6 is 0 Å². The Morgan fingerprint density at radius 1 is 1.33 bits per heavy atom. The molecule has 15 heavy (non-hydrogen) atoms. The predicted octanol–water partition coefficient (Wildman–Crippen LogP) is 2.62. The van der Waals surface area contributed by atoms with E-state index in [0.717, 1.165) is 13.0 Å². The van der Waals surface area contributed by atoms with E-state index in [1.165, 1.54) is 25.7 Å². The maximum Gasteiger partial charge on any atom is 0.317 e. The maximum absolute atomic E-state index is 11.7. The van der Waals surface area contributed by atoms with Crippen LogP contribution in [0.25, 0.3) is 0 Å². The number of amides is 2. The van der Waals surface area contributed by atoms with Gasteiger partial charge in [0.15, 0.2) is 0 Å². The number of carbonyl (C=O) groups is 1. The largest absolute Gasteiger partial charge is 0.335 e. The summed E-state index contributed by atoms with van der Waals surface area (Å²) in [6, 6.07) is 0.463. The molecule has 1 aliphatic carbocycles. The van der Waals surface area contributed by atoms with Gasteiger partial charge in [-0.05, 0) is 25.7 Å². The quantitative estimate of drug-likeness (QED) is 0.701. The van der Waals surface area contributed by atoms with E-state index in [1.807, 2.05) is 14.0 Å². The summed E-state index contributed by atoms with van der Waals surface area (Å²) in [5.74, 6) is 0.627. The molecule has 1 fully saturated rings. The van der Waals surface area contributed by atoms with Crippen molar-refractivity contribution in [2.24, 2.45) is 5.92 Å². The second-order valence-electron chi connectivity index (χ2n) is 4.69. The van der Waals surface area contributed by atoms with Gasteiger partial charge in [0.1, 0.15) is 0 Å². The van der Waals surface area contributed by atoms with Crippen molar-refractivity contribution < 1.29 is 4.79 Å². The third kappa shape index (κ3) is 3.73. The number of hydrogen-bond acceptors (Lipinski definition) is 1. The highest BCUT2D eigenvalue weighted by molar-refractivity contribution is 5.74. The van der Waals surface area contributed by atoms with Crippen molar-refractivity contribution in [3.8, 4) is 0 Å². The zero-order valence-corrected chi connectivity index (χ0v) is 10.3. The number of carbonyl (C=O) groups excluding carboxylic acids is 1. The molecule has 0 saturated heterocycles. The third-order valence-corrected chi connectivity index (χ3v) is 3.49. The molecule has 0 spiro atoms. The van der Waals surface area contributed by atoms with Crippen LogP contribution in [0.2, 0.25) is 0 Å². The number of hydrogen-bond donors (Lipinski definition) is 1. The van der Waals surface area contributed by atoms with E-state index in [1.54, 1.807) is 4.90 Å². The first-order valence-electron chi connectivity index (χ1n) is 6.16. The monoisotopic (exact) mass is 212 g/mol. The van der Waals surface area contributed by atoms with Gasteiger partial charge in [0.05, 0.1) is 0 Å². The third-order valence-electron chi connectivity index (χ3n) is 3.49. The zero-order chi connectivity index (χ0) is 11.3. The first-order chi connectivity index (χ1) is 7.15. The number of nitrogens with one attached hydrogen (secondary N) is 1. The molecule has 0 radical (unpaired) electrons. The van der Waals surface area contributed by atoms with Gasteiger partial charge in [-0.25, -0.2) is 4.79 Å². The second kappa shape index (κ2) is 5.99. The molecule has 0 aliphatic heterocycles. The molecule has 1 saturated carbocycles. The highest BCUT2D eigenvalue weighted by atomic mass is 16.2. The molecular weight excluding hydrogens is 188 g/mol. The molecule has 0 aromatic heterocycles. The SMILES string of the molecule is CCN(C)C(=O)NC1CCCCCC1C. The van der Waals surface area contributed by atoms with Crippen LogP contribution in [-0.4, -0.2) is 30.6 Å². The summed E-state index contributed by atoms with van der Waals surface area (Å²) in [6.07, 6.45) is 6.29. The summed E-state index contributed by atoms with van der Waals surface area (Å²) in [4.78, 5) is 13.4. The molecule has 1 rings (SSSR count). The molecule has 1 N–H and O–H groups in total. The van der Waals surface area contributed by atoms with Gasteiger partial charge in [0, 0.05) is 19.6 Å². The molecule has 0 aromatic carbocycles. The van der Waals surface area contributed by atoms with Gasteiger partial charge in [0.2, 0.25) is 0 Å². The Labute approximate surface area is 93.2 Å². The van der Waals surface area contributed by atoms with E-state index in [0.29, 0.717) is 12.0 Å². The highest BCUT2D eigenvalue weighted by Crippen LogP contribution is 2.22. The summed E-state index contributed by atoms with van der Waals surface area (Å²) in [5, 5.41) is 3.15. The molecular formula is C12H24N2O. The molecule has 2 atom stereocenters. The van der Waals surface area contributed by atoms with Crippen molar-refractivity contribution in [2.45, 2.75) is 52.0 Å². The maximum atomic E-state index is 11.7. The Hall–Kier alpha value is -0.730. The van der Waals surface area contributed by atoms with Gasteiger partial charge in [-0.2, -0.15) is 0 Å². The van der Waals surface area contributed by atoms with E-state index in [9.17, 15) is 4.79 Å². The van der Waals surface area contributed by atoms with Crippen LogP contribution in [0, 0.1) is 5.92 Å². The average Bonchev–Trinajstić information content (AvgIpc) is 2.43. The van der Waals surface area contributed by atoms with Crippen molar-refractivity contribution in [2.75, 3.05) is 13.6 Å². The van der Waals surface area contributed by atoms with Crippen LogP contribution in [-0.2, 0) is 0 Å². The standard InChI is InChI=1S/C12H24N2O/c1-4-14(3)12(15)13-11-9-7-5-6-8-10(11)2/h10-11H,4-9H2,1-3H3,(H,13,15). The zero-order valence-electron chi connectivity index (χ0n) is 10.3. The Kier molecular flexibility index (Phi) is 4.92. The lowest BCUT2D eigenvalue weighted by atomic mass is 9.97. The molecule has 2 amide bonds. The molecule has 2 unspecified atom stereocenters. The first-order valence-corrected chi connectivity index (χ1v) is 6.16. The molecule has 1 aliphatic rings. The Balaban J connectivity index is 2.44. The van der Waals surface area contributed by atoms with E-state index in [2.05, 4.69) is 12.2 Å². The minimum absolute atomic E-state index is 0.0799. The molecule has 0 aromatic rings. The molecule has 88 valence electrons. The highest BCUT2D eigenvalue weighted by Gasteiger charge is 2.22. The first kappa shape index (κ1) is 12.3. The molecule has 0 bridgehead atoms. The number of urea groups is 1. The molecule has 3 heteroatoms. The number of rotatable bonds is 2. The summed E-state index contributed by atoms with van der Waals surface area (Å²) < 4.78 is 0. The summed E-state index contributed by atoms with van der Waals surface area (Å²) in [5.41, 5.74) is 0. The topological polar surface area (TPSA) is 32.3 Å². The molecule has 0 heterocycles. The van der Waals surface area contributed by atoms with Gasteiger partial charge >= 0.3 is 6.03 Å². The lowest BCUT2D eigenvalue weighted by Gasteiger charge is -2.25. The van der Waals surface area contributed by atoms with Crippen LogP contribution in [0.3, 0.4) is 0 Å². The van der Waals surface area contributed by atoms with Crippen molar-refractivity contribution in [1.29, 1.82) is 0 Å². The Bertz CT molecular complexity index is 206. The van der Waals surface area contributed by atoms with E-state index < -0.39 is 0 Å². The van der Waals surface area contributed by atoms with Gasteiger partial charge in [-0.15, -0.1) is 0 Å². The summed E-state index contributed by atoms with van der Waals surface area (Å²) in [6.45, 7) is 5.02. The van der Waals surface area contributed by atoms with E-state index >= 15 is 0 Å². The minimum atomic E-state index is 0.0799. The van der Waals surface area contributed by atoms with Gasteiger partial charge in [0.25, 0.3) is 0 Å². The Morgan fingerprint density at radius 3 is 2.67 bits per heavy atom. The molecule has 3 nitrogen and oxygen atoms in total. The predicted molar refractivity (Wildman–Crippen MR) is 62.9 cm³/mol. The normalized spacial score (nSPS) is 26.9. The smallest absolute Gasteiger partial charge is 0.317 e. The van der Waals surface area contributed by atoms with Gasteiger partial charge < -0.3 is 10.2 Å². The van der Waals surface area contributed by atoms with Crippen LogP contribution in [0.4, 0.5) is 4.79 Å². The van der Waals surface area contributed by atoms with Gasteiger partial charge in [-0.3, -0.25) is 0 Å². The fourth-order valence-electron chi connectivity index (χ4n) is 2.12. The Morgan fingerprint density at radius 2 is 2.00 bits per heavy atom. The lowest BCUT2D eigenvalue weighted by Crippen LogP contribution is -2.45. The fraction of sp³-hybridized carbons (Fsp3) is 0.917. The van der Waals surface area contributed by atoms with Crippen molar-refractivity contribution in [1.82, 2.24) is 10.2 Å². The van der Waals surface area contributed by atoms with Gasteiger partial charge in [-0.1, -0.05) is 26.2 Å². The average molecular weight is 212 g/mol. The van der Waals surface area contributed by atoms with Crippen LogP contribution in [0.1, 0.15) is 46.0 Å². The number of nitrogens with zero attached hydrogens (tertiary/aromatic N) is 1. The van der Waals surface area contributed by atoms with Crippen LogP contribution in [0.15, 0.2) is 0 Å².